The first-order valence-corrected chi connectivity index (χ1v) is 9.42. The molecular formula is C14H22N4O3S. The summed E-state index contributed by atoms with van der Waals surface area (Å²) in [5, 5.41) is 4.20. The van der Waals surface area contributed by atoms with Gasteiger partial charge in [0, 0.05) is 25.5 Å². The number of aromatic nitrogens is 2. The third-order valence-electron chi connectivity index (χ3n) is 4.42. The number of nitrogens with zero attached hydrogens (tertiary/aromatic N) is 4. The van der Waals surface area contributed by atoms with Crippen molar-refractivity contribution in [3.8, 4) is 0 Å². The van der Waals surface area contributed by atoms with Crippen molar-refractivity contribution >= 4 is 15.9 Å². The van der Waals surface area contributed by atoms with Gasteiger partial charge in [0.25, 0.3) is 0 Å². The second-order valence-corrected chi connectivity index (χ2v) is 8.06. The molecule has 1 amide bonds. The number of carbonyl (C=O) groups excluding carboxylic acids is 1. The molecule has 0 aliphatic carbocycles. The van der Waals surface area contributed by atoms with Crippen LogP contribution in [0.2, 0.25) is 0 Å². The van der Waals surface area contributed by atoms with Crippen molar-refractivity contribution in [1.29, 1.82) is 0 Å². The van der Waals surface area contributed by atoms with Crippen LogP contribution in [0.3, 0.4) is 0 Å². The van der Waals surface area contributed by atoms with Gasteiger partial charge >= 0.3 is 0 Å². The molecule has 3 heterocycles. The minimum Gasteiger partial charge on any atom is -0.337 e. The summed E-state index contributed by atoms with van der Waals surface area (Å²) in [7, 11) is -3.22. The molecule has 1 aromatic rings. The van der Waals surface area contributed by atoms with Gasteiger partial charge in [0.15, 0.2) is 0 Å². The van der Waals surface area contributed by atoms with Gasteiger partial charge in [-0.25, -0.2) is 8.42 Å². The zero-order valence-corrected chi connectivity index (χ0v) is 13.4. The summed E-state index contributed by atoms with van der Waals surface area (Å²) in [6.45, 7) is 1.83. The summed E-state index contributed by atoms with van der Waals surface area (Å²) in [5.74, 6) is 0.0825. The molecule has 0 N–H and O–H groups in total. The Hall–Kier alpha value is -1.41. The van der Waals surface area contributed by atoms with Crippen LogP contribution >= 0.6 is 0 Å². The van der Waals surface area contributed by atoms with Crippen LogP contribution in [-0.4, -0.2) is 64.7 Å². The summed E-state index contributed by atoms with van der Waals surface area (Å²) < 4.78 is 26.9. The van der Waals surface area contributed by atoms with Crippen molar-refractivity contribution < 1.29 is 13.2 Å². The molecule has 22 heavy (non-hydrogen) atoms. The standard InChI is InChI=1S/C14H22N4O3S/c19-14(12-17-8-4-10-22(17,20)21)18-9-2-1-5-13(18)11-16-7-3-6-15-16/h3,6-7,13H,1-2,4-5,8-12H2/t13-/m1/s1. The minimum atomic E-state index is -3.22. The van der Waals surface area contributed by atoms with Gasteiger partial charge in [0.05, 0.1) is 24.9 Å². The third kappa shape index (κ3) is 3.33. The van der Waals surface area contributed by atoms with E-state index < -0.39 is 10.0 Å². The van der Waals surface area contributed by atoms with Gasteiger partial charge in [-0.05, 0) is 31.7 Å². The lowest BCUT2D eigenvalue weighted by atomic mass is 10.0. The van der Waals surface area contributed by atoms with Crippen molar-refractivity contribution in [3.05, 3.63) is 18.5 Å². The van der Waals surface area contributed by atoms with Crippen LogP contribution < -0.4 is 0 Å². The fourth-order valence-electron chi connectivity index (χ4n) is 3.25. The van der Waals surface area contributed by atoms with Crippen LogP contribution in [0, 0.1) is 0 Å². The predicted octanol–water partition coefficient (Wildman–Crippen LogP) is 0.300. The van der Waals surface area contributed by atoms with E-state index in [1.165, 1.54) is 4.31 Å². The first-order valence-electron chi connectivity index (χ1n) is 7.81. The molecule has 2 aliphatic rings. The summed E-state index contributed by atoms with van der Waals surface area (Å²) >= 11 is 0. The molecule has 0 spiro atoms. The monoisotopic (exact) mass is 326 g/mol. The molecule has 3 rings (SSSR count). The summed E-state index contributed by atoms with van der Waals surface area (Å²) in [4.78, 5) is 14.4. The Kier molecular flexibility index (Phi) is 4.49. The molecule has 122 valence electrons. The van der Waals surface area contributed by atoms with Crippen molar-refractivity contribution in [2.24, 2.45) is 0 Å². The van der Waals surface area contributed by atoms with E-state index in [0.717, 1.165) is 19.3 Å². The molecule has 0 aromatic carbocycles. The number of sulfonamides is 1. The van der Waals surface area contributed by atoms with Gasteiger partial charge < -0.3 is 4.90 Å². The van der Waals surface area contributed by atoms with E-state index in [1.807, 2.05) is 21.8 Å². The summed E-state index contributed by atoms with van der Waals surface area (Å²) in [6, 6.07) is 1.97. The third-order valence-corrected chi connectivity index (χ3v) is 6.32. The zero-order chi connectivity index (χ0) is 15.6. The molecule has 2 saturated heterocycles. The number of rotatable bonds is 4. The van der Waals surface area contributed by atoms with Crippen molar-refractivity contribution in [2.45, 2.75) is 38.3 Å². The molecular weight excluding hydrogens is 304 g/mol. The molecule has 2 fully saturated rings. The maximum Gasteiger partial charge on any atom is 0.238 e. The highest BCUT2D eigenvalue weighted by atomic mass is 32.2. The molecule has 0 radical (unpaired) electrons. The Balaban J connectivity index is 1.66. The first kappa shape index (κ1) is 15.5. The molecule has 7 nitrogen and oxygen atoms in total. The van der Waals surface area contributed by atoms with Crippen molar-refractivity contribution in [3.63, 3.8) is 0 Å². The lowest BCUT2D eigenvalue weighted by Crippen LogP contribution is -2.49. The second kappa shape index (κ2) is 6.37. The quantitative estimate of drug-likeness (QED) is 0.797. The Morgan fingerprint density at radius 2 is 2.09 bits per heavy atom. The van der Waals surface area contributed by atoms with Crippen LogP contribution in [-0.2, 0) is 21.4 Å². The van der Waals surface area contributed by atoms with E-state index in [4.69, 9.17) is 0 Å². The fraction of sp³-hybridized carbons (Fsp3) is 0.714. The van der Waals surface area contributed by atoms with Crippen molar-refractivity contribution in [2.75, 3.05) is 25.4 Å². The number of hydrogen-bond acceptors (Lipinski definition) is 4. The number of piperidine rings is 1. The van der Waals surface area contributed by atoms with Crippen LogP contribution in [0.15, 0.2) is 18.5 Å². The Labute approximate surface area is 130 Å². The Morgan fingerprint density at radius 1 is 1.23 bits per heavy atom. The van der Waals surface area contributed by atoms with Gasteiger partial charge in [0.2, 0.25) is 15.9 Å². The highest BCUT2D eigenvalue weighted by Crippen LogP contribution is 2.20. The van der Waals surface area contributed by atoms with Gasteiger partial charge in [0.1, 0.15) is 0 Å². The molecule has 8 heteroatoms. The van der Waals surface area contributed by atoms with Crippen LogP contribution in [0.1, 0.15) is 25.7 Å². The Bertz CT molecular complexity index is 614. The molecule has 1 aromatic heterocycles. The van der Waals surface area contributed by atoms with Crippen molar-refractivity contribution in [1.82, 2.24) is 19.0 Å². The maximum absolute atomic E-state index is 12.6. The van der Waals surface area contributed by atoms with Gasteiger partial charge in [-0.2, -0.15) is 9.40 Å². The van der Waals surface area contributed by atoms with Crippen LogP contribution in [0.5, 0.6) is 0 Å². The smallest absolute Gasteiger partial charge is 0.238 e. The van der Waals surface area contributed by atoms with E-state index in [-0.39, 0.29) is 24.2 Å². The average Bonchev–Trinajstić information content (AvgIpc) is 3.10. The maximum atomic E-state index is 12.6. The van der Waals surface area contributed by atoms with E-state index in [2.05, 4.69) is 5.10 Å². The first-order chi connectivity index (χ1) is 10.6. The van der Waals surface area contributed by atoms with Gasteiger partial charge in [-0.3, -0.25) is 9.48 Å². The minimum absolute atomic E-state index is 0.0159. The van der Waals surface area contributed by atoms with E-state index >= 15 is 0 Å². The second-order valence-electron chi connectivity index (χ2n) is 5.97. The number of hydrogen-bond donors (Lipinski definition) is 0. The number of likely N-dealkylation sites (tertiary alicyclic amines) is 1. The predicted molar refractivity (Wildman–Crippen MR) is 81.6 cm³/mol. The molecule has 0 bridgehead atoms. The highest BCUT2D eigenvalue weighted by molar-refractivity contribution is 7.89. The molecule has 2 aliphatic heterocycles. The normalized spacial score (nSPS) is 25.5. The molecule has 0 unspecified atom stereocenters. The Morgan fingerprint density at radius 3 is 2.77 bits per heavy atom. The highest BCUT2D eigenvalue weighted by Gasteiger charge is 2.33. The largest absolute Gasteiger partial charge is 0.337 e. The van der Waals surface area contributed by atoms with Gasteiger partial charge in [-0.15, -0.1) is 0 Å². The lowest BCUT2D eigenvalue weighted by Gasteiger charge is -2.36. The lowest BCUT2D eigenvalue weighted by molar-refractivity contribution is -0.135. The molecule has 1 atom stereocenters. The van der Waals surface area contributed by atoms with Gasteiger partial charge in [-0.1, -0.05) is 0 Å². The molecule has 0 saturated carbocycles. The average molecular weight is 326 g/mol. The van der Waals surface area contributed by atoms with E-state index in [0.29, 0.717) is 26.1 Å². The van der Waals surface area contributed by atoms with E-state index in [1.54, 1.807) is 6.20 Å². The SMILES string of the molecule is O=C(CN1CCCS1(=O)=O)N1CCCC[C@@H]1Cn1cccn1. The zero-order valence-electron chi connectivity index (χ0n) is 12.6. The number of carbonyl (C=O) groups is 1. The summed E-state index contributed by atoms with van der Waals surface area (Å²) in [6.07, 6.45) is 7.25. The topological polar surface area (TPSA) is 75.5 Å². The van der Waals surface area contributed by atoms with Crippen LogP contribution in [0.4, 0.5) is 0 Å². The van der Waals surface area contributed by atoms with E-state index in [9.17, 15) is 13.2 Å². The number of amides is 1. The van der Waals surface area contributed by atoms with Crippen LogP contribution in [0.25, 0.3) is 0 Å². The fourth-order valence-corrected chi connectivity index (χ4v) is 4.72. The summed E-state index contributed by atoms with van der Waals surface area (Å²) in [5.41, 5.74) is 0.